The van der Waals surface area contributed by atoms with E-state index < -0.39 is 0 Å². The van der Waals surface area contributed by atoms with Crippen LogP contribution >= 0.6 is 11.3 Å². The van der Waals surface area contributed by atoms with Crippen LogP contribution in [-0.2, 0) is 5.41 Å². The summed E-state index contributed by atoms with van der Waals surface area (Å²) in [4.78, 5) is 4.41. The third-order valence-electron chi connectivity index (χ3n) is 2.14. The Morgan fingerprint density at radius 1 is 1.60 bits per heavy atom. The number of hydrogen-bond donors (Lipinski definition) is 0. The highest BCUT2D eigenvalue weighted by Gasteiger charge is 2.41. The predicted octanol–water partition coefficient (Wildman–Crippen LogP) is 2.30. The molecule has 0 bridgehead atoms. The molecule has 1 aliphatic carbocycles. The molecule has 53 valence electrons. The van der Waals surface area contributed by atoms with Gasteiger partial charge in [0.1, 0.15) is 0 Å². The van der Waals surface area contributed by atoms with Crippen LogP contribution in [0.5, 0.6) is 0 Å². The summed E-state index contributed by atoms with van der Waals surface area (Å²) in [7, 11) is 0. The van der Waals surface area contributed by atoms with E-state index in [-0.39, 0.29) is 0 Å². The third kappa shape index (κ3) is 0.870. The maximum Gasteiger partial charge on any atom is 0.0904 e. The van der Waals surface area contributed by atoms with Crippen LogP contribution < -0.4 is 0 Å². The minimum Gasteiger partial charge on any atom is -0.245 e. The summed E-state index contributed by atoms with van der Waals surface area (Å²) < 4.78 is 0. The first kappa shape index (κ1) is 6.35. The van der Waals surface area contributed by atoms with Crippen LogP contribution in [0.15, 0.2) is 0 Å². The summed E-state index contributed by atoms with van der Waals surface area (Å²) in [5.41, 5.74) is 1.60. The minimum atomic E-state index is 0.407. The summed E-state index contributed by atoms with van der Waals surface area (Å²) in [5, 5.41) is 4.38. The summed E-state index contributed by atoms with van der Waals surface area (Å²) in [6, 6.07) is 0. The lowest BCUT2D eigenvalue weighted by Gasteiger charge is -1.99. The number of hydrogen-bond acceptors (Lipinski definition) is 2. The van der Waals surface area contributed by atoms with Crippen LogP contribution in [0.4, 0.5) is 0 Å². The van der Waals surface area contributed by atoms with Crippen LogP contribution in [0.3, 0.4) is 0 Å². The van der Waals surface area contributed by atoms with Gasteiger partial charge >= 0.3 is 0 Å². The first-order valence-electron chi connectivity index (χ1n) is 3.56. The van der Waals surface area contributed by atoms with Crippen molar-refractivity contribution < 1.29 is 0 Å². The van der Waals surface area contributed by atoms with Crippen molar-refractivity contribution in [3.8, 4) is 0 Å². The fourth-order valence-electron chi connectivity index (χ4n) is 1.01. The van der Waals surface area contributed by atoms with Crippen LogP contribution in [0.25, 0.3) is 0 Å². The van der Waals surface area contributed by atoms with E-state index in [2.05, 4.69) is 17.3 Å². The van der Waals surface area contributed by atoms with Gasteiger partial charge in [0.05, 0.1) is 16.1 Å². The quantitative estimate of drug-likeness (QED) is 0.601. The second kappa shape index (κ2) is 1.82. The lowest BCUT2D eigenvalue weighted by Crippen LogP contribution is -1.99. The topological polar surface area (TPSA) is 12.9 Å². The molecule has 0 aromatic carbocycles. The van der Waals surface area contributed by atoms with Crippen molar-refractivity contribution in [1.29, 1.82) is 0 Å². The number of thiazole rings is 1. The Morgan fingerprint density at radius 2 is 2.30 bits per heavy atom. The molecule has 0 spiro atoms. The van der Waals surface area contributed by atoms with Crippen molar-refractivity contribution in [2.75, 3.05) is 0 Å². The Balaban J connectivity index is 2.34. The van der Waals surface area contributed by atoms with Crippen molar-refractivity contribution in [2.45, 2.75) is 32.1 Å². The van der Waals surface area contributed by atoms with E-state index in [0.717, 1.165) is 5.01 Å². The van der Waals surface area contributed by atoms with Gasteiger partial charge in [0.15, 0.2) is 0 Å². The van der Waals surface area contributed by atoms with Crippen LogP contribution in [0.1, 0.15) is 30.5 Å². The largest absolute Gasteiger partial charge is 0.245 e. The van der Waals surface area contributed by atoms with Gasteiger partial charge in [-0.05, 0) is 19.8 Å². The molecule has 0 unspecified atom stereocenters. The number of aromatic nitrogens is 1. The van der Waals surface area contributed by atoms with E-state index in [1.807, 2.05) is 6.92 Å². The highest BCUT2D eigenvalue weighted by molar-refractivity contribution is 7.09. The van der Waals surface area contributed by atoms with Crippen molar-refractivity contribution >= 4 is 11.3 Å². The predicted molar refractivity (Wildman–Crippen MR) is 42.3 cm³/mol. The molecule has 0 saturated heterocycles. The van der Waals surface area contributed by atoms with Gasteiger partial charge in [0.2, 0.25) is 0 Å². The van der Waals surface area contributed by atoms with Gasteiger partial charge < -0.3 is 0 Å². The lowest BCUT2D eigenvalue weighted by molar-refractivity contribution is 0.754. The second-order valence-electron chi connectivity index (χ2n) is 3.24. The number of nitrogens with zero attached hydrogens (tertiary/aromatic N) is 1. The number of aryl methyl sites for hydroxylation is 1. The fraction of sp³-hybridized carbons (Fsp3) is 0.625. The molecule has 0 amide bonds. The molecule has 0 atom stereocenters. The average Bonchev–Trinajstić information content (AvgIpc) is 2.45. The molecule has 1 aromatic heterocycles. The Kier molecular flexibility index (Phi) is 1.15. The van der Waals surface area contributed by atoms with Crippen molar-refractivity contribution in [2.24, 2.45) is 0 Å². The third-order valence-corrected chi connectivity index (χ3v) is 2.82. The Labute approximate surface area is 65.1 Å². The van der Waals surface area contributed by atoms with E-state index in [4.69, 9.17) is 0 Å². The molecular formula is C8H10NS. The molecule has 1 aromatic rings. The molecule has 1 nitrogen and oxygen atoms in total. The zero-order valence-electron chi connectivity index (χ0n) is 6.27. The molecule has 10 heavy (non-hydrogen) atoms. The smallest absolute Gasteiger partial charge is 0.0904 e. The zero-order valence-corrected chi connectivity index (χ0v) is 7.09. The lowest BCUT2D eigenvalue weighted by atomic mass is 10.1. The molecular weight excluding hydrogens is 142 g/mol. The van der Waals surface area contributed by atoms with Gasteiger partial charge in [-0.3, -0.25) is 0 Å². The first-order valence-corrected chi connectivity index (χ1v) is 4.38. The van der Waals surface area contributed by atoms with Crippen LogP contribution in [0.2, 0.25) is 0 Å². The van der Waals surface area contributed by atoms with Gasteiger partial charge in [-0.2, -0.15) is 0 Å². The Hall–Kier alpha value is -0.370. The molecule has 2 heteroatoms. The highest BCUT2D eigenvalue weighted by Crippen LogP contribution is 2.47. The van der Waals surface area contributed by atoms with Crippen LogP contribution in [0, 0.1) is 12.3 Å². The van der Waals surface area contributed by atoms with E-state index >= 15 is 0 Å². The Bertz CT molecular complexity index is 248. The summed E-state index contributed by atoms with van der Waals surface area (Å²) >= 11 is 1.64. The molecule has 1 fully saturated rings. The molecule has 1 heterocycles. The fourth-order valence-corrected chi connectivity index (χ4v) is 1.68. The monoisotopic (exact) mass is 152 g/mol. The molecule has 1 radical (unpaired) electrons. The number of rotatable bonds is 1. The summed E-state index contributed by atoms with van der Waals surface area (Å²) in [6.45, 7) is 4.30. The molecule has 2 rings (SSSR count). The van der Waals surface area contributed by atoms with E-state index in [9.17, 15) is 0 Å². The second-order valence-corrected chi connectivity index (χ2v) is 4.24. The van der Waals surface area contributed by atoms with Gasteiger partial charge in [-0.15, -0.1) is 11.3 Å². The molecule has 0 N–H and O–H groups in total. The first-order chi connectivity index (χ1) is 4.71. The van der Waals surface area contributed by atoms with E-state index in [1.165, 1.54) is 18.5 Å². The van der Waals surface area contributed by atoms with E-state index in [0.29, 0.717) is 5.41 Å². The van der Waals surface area contributed by atoms with Gasteiger partial charge in [-0.1, -0.05) is 6.92 Å². The zero-order chi connectivity index (χ0) is 7.19. The average molecular weight is 152 g/mol. The van der Waals surface area contributed by atoms with Crippen LogP contribution in [-0.4, -0.2) is 4.98 Å². The maximum absolute atomic E-state index is 4.41. The molecule has 1 saturated carbocycles. The van der Waals surface area contributed by atoms with Gasteiger partial charge in [0.25, 0.3) is 0 Å². The van der Waals surface area contributed by atoms with Crippen molar-refractivity contribution in [3.05, 3.63) is 16.1 Å². The normalized spacial score (nSPS) is 21.0. The minimum absolute atomic E-state index is 0.407. The van der Waals surface area contributed by atoms with Crippen molar-refractivity contribution in [1.82, 2.24) is 4.98 Å². The maximum atomic E-state index is 4.41. The highest BCUT2D eigenvalue weighted by atomic mass is 32.1. The SMILES string of the molecule is Cc1nc(C2(C)CC2)[c]s1. The van der Waals surface area contributed by atoms with Gasteiger partial charge in [-0.25, -0.2) is 4.98 Å². The molecule has 1 aliphatic rings. The van der Waals surface area contributed by atoms with Crippen molar-refractivity contribution in [3.63, 3.8) is 0 Å². The standard InChI is InChI=1S/C8H10NS/c1-6-9-7(5-10-6)8(2)3-4-8/h3-4H2,1-2H3. The van der Waals surface area contributed by atoms with Gasteiger partial charge in [0, 0.05) is 5.41 Å². The summed E-state index contributed by atoms with van der Waals surface area (Å²) in [5.74, 6) is 0. The Morgan fingerprint density at radius 3 is 2.70 bits per heavy atom. The van der Waals surface area contributed by atoms with E-state index in [1.54, 1.807) is 11.3 Å². The summed E-state index contributed by atoms with van der Waals surface area (Å²) in [6.07, 6.45) is 2.60. The molecule has 0 aliphatic heterocycles.